The first-order valence-electron chi connectivity index (χ1n) is 9.18. The van der Waals surface area contributed by atoms with E-state index in [9.17, 15) is 9.59 Å². The fraction of sp³-hybridized carbons (Fsp3) is 0.765. The van der Waals surface area contributed by atoms with Gasteiger partial charge in [0, 0.05) is 46.1 Å². The van der Waals surface area contributed by atoms with Crippen LogP contribution >= 0.6 is 0 Å². The molecule has 2 fully saturated rings. The van der Waals surface area contributed by atoms with Gasteiger partial charge < -0.3 is 14.3 Å². The highest BCUT2D eigenvalue weighted by molar-refractivity contribution is 5.88. The normalized spacial score (nSPS) is 21.8. The van der Waals surface area contributed by atoms with Crippen LogP contribution < -0.4 is 0 Å². The number of amides is 2. The van der Waals surface area contributed by atoms with Crippen molar-refractivity contribution in [1.82, 2.24) is 24.8 Å². The molecule has 0 spiro atoms. The minimum absolute atomic E-state index is 0.108. The van der Waals surface area contributed by atoms with Crippen molar-refractivity contribution in [3.63, 3.8) is 0 Å². The molecule has 3 heterocycles. The molecule has 0 bridgehead atoms. The molecule has 3 rings (SSSR count). The summed E-state index contributed by atoms with van der Waals surface area (Å²) in [6.45, 7) is 8.07. The summed E-state index contributed by atoms with van der Waals surface area (Å²) in [6.07, 6.45) is 3.06. The topological polar surface area (TPSA) is 82.8 Å². The van der Waals surface area contributed by atoms with Gasteiger partial charge in [0.1, 0.15) is 6.04 Å². The van der Waals surface area contributed by atoms with E-state index < -0.39 is 0 Å². The number of aromatic nitrogens is 2. The molecule has 138 valence electrons. The Balaban J connectivity index is 1.51. The lowest BCUT2D eigenvalue weighted by molar-refractivity contribution is -0.145. The molecule has 2 saturated heterocycles. The van der Waals surface area contributed by atoms with Gasteiger partial charge in [0.05, 0.1) is 6.54 Å². The van der Waals surface area contributed by atoms with E-state index in [0.29, 0.717) is 44.3 Å². The van der Waals surface area contributed by atoms with E-state index in [-0.39, 0.29) is 17.9 Å². The monoisotopic (exact) mass is 349 g/mol. The highest BCUT2D eigenvalue weighted by Gasteiger charge is 2.36. The molecule has 0 radical (unpaired) electrons. The molecular formula is C17H27N5O3. The number of likely N-dealkylation sites (tertiary alicyclic amines) is 1. The fourth-order valence-electron chi connectivity index (χ4n) is 3.62. The quantitative estimate of drug-likeness (QED) is 0.782. The minimum Gasteiger partial charge on any atom is -0.340 e. The Morgan fingerprint density at radius 2 is 1.96 bits per heavy atom. The standard InChI is InChI=1S/C17H27N5O3/c1-3-5-16(23)22-7-4-6-14(22)17(24)21-10-8-20(9-11-21)12-15-18-13(2)25-19-15/h14H,3-12H2,1-2H3/t14-/m1/s1. The Kier molecular flexibility index (Phi) is 5.67. The van der Waals surface area contributed by atoms with Crippen molar-refractivity contribution in [1.29, 1.82) is 0 Å². The number of nitrogens with zero attached hydrogens (tertiary/aromatic N) is 5. The summed E-state index contributed by atoms with van der Waals surface area (Å²) in [6, 6.07) is -0.259. The van der Waals surface area contributed by atoms with Gasteiger partial charge >= 0.3 is 0 Å². The second-order valence-electron chi connectivity index (χ2n) is 6.83. The molecule has 8 heteroatoms. The average Bonchev–Trinajstić information content (AvgIpc) is 3.24. The molecular weight excluding hydrogens is 322 g/mol. The van der Waals surface area contributed by atoms with Crippen LogP contribution in [0.25, 0.3) is 0 Å². The van der Waals surface area contributed by atoms with Crippen LogP contribution in [0.15, 0.2) is 4.52 Å². The van der Waals surface area contributed by atoms with Crippen LogP contribution in [0.1, 0.15) is 44.3 Å². The van der Waals surface area contributed by atoms with Crippen LogP contribution in [0.5, 0.6) is 0 Å². The number of rotatable bonds is 5. The van der Waals surface area contributed by atoms with Gasteiger partial charge in [0.15, 0.2) is 5.82 Å². The first-order valence-corrected chi connectivity index (χ1v) is 9.18. The lowest BCUT2D eigenvalue weighted by atomic mass is 10.1. The van der Waals surface area contributed by atoms with Crippen molar-refractivity contribution in [2.45, 2.75) is 52.1 Å². The predicted molar refractivity (Wildman–Crippen MR) is 90.5 cm³/mol. The zero-order valence-electron chi connectivity index (χ0n) is 15.1. The summed E-state index contributed by atoms with van der Waals surface area (Å²) >= 11 is 0. The molecule has 0 N–H and O–H groups in total. The van der Waals surface area contributed by atoms with E-state index in [1.807, 2.05) is 11.8 Å². The fourth-order valence-corrected chi connectivity index (χ4v) is 3.62. The third-order valence-electron chi connectivity index (χ3n) is 4.94. The van der Waals surface area contributed by atoms with Gasteiger partial charge in [-0.3, -0.25) is 14.5 Å². The predicted octanol–water partition coefficient (Wildman–Crippen LogP) is 0.813. The number of piperazine rings is 1. The molecule has 0 aromatic carbocycles. The third-order valence-corrected chi connectivity index (χ3v) is 4.94. The van der Waals surface area contributed by atoms with Crippen molar-refractivity contribution in [2.24, 2.45) is 0 Å². The molecule has 2 aliphatic rings. The molecule has 2 amide bonds. The van der Waals surface area contributed by atoms with Crippen molar-refractivity contribution >= 4 is 11.8 Å². The van der Waals surface area contributed by atoms with Gasteiger partial charge in [-0.15, -0.1) is 0 Å². The Bertz CT molecular complexity index is 609. The number of hydrogen-bond donors (Lipinski definition) is 0. The van der Waals surface area contributed by atoms with Gasteiger partial charge in [0.25, 0.3) is 0 Å². The Hall–Kier alpha value is -1.96. The van der Waals surface area contributed by atoms with Gasteiger partial charge in [-0.05, 0) is 19.3 Å². The van der Waals surface area contributed by atoms with E-state index in [4.69, 9.17) is 4.52 Å². The van der Waals surface area contributed by atoms with Crippen LogP contribution in [0.3, 0.4) is 0 Å². The van der Waals surface area contributed by atoms with Gasteiger partial charge in [0.2, 0.25) is 17.7 Å². The maximum atomic E-state index is 12.9. The molecule has 1 aromatic heterocycles. The van der Waals surface area contributed by atoms with Gasteiger partial charge in [-0.25, -0.2) is 0 Å². The lowest BCUT2D eigenvalue weighted by Crippen LogP contribution is -2.54. The highest BCUT2D eigenvalue weighted by Crippen LogP contribution is 2.21. The maximum absolute atomic E-state index is 12.9. The molecule has 25 heavy (non-hydrogen) atoms. The Morgan fingerprint density at radius 1 is 1.20 bits per heavy atom. The van der Waals surface area contributed by atoms with Crippen LogP contribution in [-0.2, 0) is 16.1 Å². The molecule has 1 aromatic rings. The number of hydrogen-bond acceptors (Lipinski definition) is 6. The van der Waals surface area contributed by atoms with Crippen LogP contribution in [0.2, 0.25) is 0 Å². The number of carbonyl (C=O) groups excluding carboxylic acids is 2. The SMILES string of the molecule is CCCC(=O)N1CCC[C@@H]1C(=O)N1CCN(Cc2noc(C)n2)CC1. The summed E-state index contributed by atoms with van der Waals surface area (Å²) < 4.78 is 5.00. The number of carbonyl (C=O) groups is 2. The van der Waals surface area contributed by atoms with E-state index in [1.54, 1.807) is 11.8 Å². The molecule has 0 saturated carbocycles. The first-order chi connectivity index (χ1) is 12.1. The second kappa shape index (κ2) is 7.95. The van der Waals surface area contributed by atoms with E-state index in [2.05, 4.69) is 15.0 Å². The van der Waals surface area contributed by atoms with Crippen molar-refractivity contribution in [2.75, 3.05) is 32.7 Å². The first kappa shape index (κ1) is 17.8. The summed E-state index contributed by atoms with van der Waals surface area (Å²) in [5.74, 6) is 1.48. The van der Waals surface area contributed by atoms with Gasteiger partial charge in [-0.1, -0.05) is 12.1 Å². The Labute approximate surface area is 148 Å². The zero-order chi connectivity index (χ0) is 17.8. The average molecular weight is 349 g/mol. The lowest BCUT2D eigenvalue weighted by Gasteiger charge is -2.37. The van der Waals surface area contributed by atoms with Crippen LogP contribution in [-0.4, -0.2) is 75.4 Å². The largest absolute Gasteiger partial charge is 0.340 e. The summed E-state index contributed by atoms with van der Waals surface area (Å²) in [7, 11) is 0. The van der Waals surface area contributed by atoms with E-state index in [0.717, 1.165) is 32.4 Å². The molecule has 0 unspecified atom stereocenters. The summed E-state index contributed by atoms with van der Waals surface area (Å²) in [5, 5.41) is 3.92. The second-order valence-corrected chi connectivity index (χ2v) is 6.83. The van der Waals surface area contributed by atoms with Gasteiger partial charge in [-0.2, -0.15) is 4.98 Å². The van der Waals surface area contributed by atoms with Crippen molar-refractivity contribution in [3.05, 3.63) is 11.7 Å². The van der Waals surface area contributed by atoms with Crippen molar-refractivity contribution in [3.8, 4) is 0 Å². The third kappa shape index (κ3) is 4.18. The zero-order valence-corrected chi connectivity index (χ0v) is 15.1. The van der Waals surface area contributed by atoms with E-state index >= 15 is 0 Å². The molecule has 2 aliphatic heterocycles. The van der Waals surface area contributed by atoms with Crippen LogP contribution in [0.4, 0.5) is 0 Å². The smallest absolute Gasteiger partial charge is 0.245 e. The summed E-state index contributed by atoms with van der Waals surface area (Å²) in [5.41, 5.74) is 0. The highest BCUT2D eigenvalue weighted by atomic mass is 16.5. The maximum Gasteiger partial charge on any atom is 0.245 e. The molecule has 1 atom stereocenters. The van der Waals surface area contributed by atoms with Crippen LogP contribution in [0, 0.1) is 6.92 Å². The Morgan fingerprint density at radius 3 is 2.60 bits per heavy atom. The summed E-state index contributed by atoms with van der Waals surface area (Å²) in [4.78, 5) is 35.2. The molecule has 0 aliphatic carbocycles. The van der Waals surface area contributed by atoms with E-state index in [1.165, 1.54) is 0 Å². The molecule has 8 nitrogen and oxygen atoms in total. The minimum atomic E-state index is -0.259. The number of aryl methyl sites for hydroxylation is 1. The van der Waals surface area contributed by atoms with Crippen molar-refractivity contribution < 1.29 is 14.1 Å².